The molecule has 6 unspecified atom stereocenters. The number of hydrogen-bond acceptors (Lipinski definition) is 4. The van der Waals surface area contributed by atoms with Crippen LogP contribution in [0.15, 0.2) is 35.8 Å². The smallest absolute Gasteiger partial charge is 0.0883 e. The van der Waals surface area contributed by atoms with Crippen LogP contribution >= 0.6 is 0 Å². The Kier molecular flexibility index (Phi) is 11.9. The van der Waals surface area contributed by atoms with Crippen molar-refractivity contribution in [3.05, 3.63) is 35.8 Å². The number of allylic oxidation sites excluding steroid dienone is 4. The molecule has 31 heavy (non-hydrogen) atoms. The fourth-order valence-electron chi connectivity index (χ4n) is 4.76. The monoisotopic (exact) mass is 436 g/mol. The summed E-state index contributed by atoms with van der Waals surface area (Å²) in [6, 6.07) is 0. The number of hydrogen-bond donors (Lipinski definition) is 4. The van der Waals surface area contributed by atoms with E-state index in [0.717, 1.165) is 38.5 Å². The summed E-state index contributed by atoms with van der Waals surface area (Å²) in [7, 11) is 0. The zero-order chi connectivity index (χ0) is 23.6. The van der Waals surface area contributed by atoms with Crippen LogP contribution in [-0.2, 0) is 0 Å². The average Bonchev–Trinajstić information content (AvgIpc) is 2.69. The van der Waals surface area contributed by atoms with Crippen LogP contribution in [0.25, 0.3) is 0 Å². The van der Waals surface area contributed by atoms with Gasteiger partial charge in [0, 0.05) is 12.3 Å². The second kappa shape index (κ2) is 13.3. The lowest BCUT2D eigenvalue weighted by Gasteiger charge is -2.38. The van der Waals surface area contributed by atoms with Crippen LogP contribution in [0.1, 0.15) is 98.8 Å². The molecule has 0 aromatic heterocycles. The summed E-state index contributed by atoms with van der Waals surface area (Å²) in [5.74, 6) is 1.66. The molecule has 0 spiro atoms. The van der Waals surface area contributed by atoms with Crippen LogP contribution in [0.3, 0.4) is 0 Å². The van der Waals surface area contributed by atoms with E-state index in [9.17, 15) is 20.4 Å². The molecule has 0 aliphatic heterocycles. The van der Waals surface area contributed by atoms with Crippen LogP contribution in [0.5, 0.6) is 0 Å². The third-order valence-electron chi connectivity index (χ3n) is 7.36. The molecule has 0 aromatic carbocycles. The first-order valence-corrected chi connectivity index (χ1v) is 12.3. The Labute approximate surface area is 190 Å². The molecular formula is C27H48O4. The molecule has 0 bridgehead atoms. The van der Waals surface area contributed by atoms with E-state index >= 15 is 0 Å². The lowest BCUT2D eigenvalue weighted by Crippen LogP contribution is -2.34. The maximum absolute atomic E-state index is 10.6. The van der Waals surface area contributed by atoms with Gasteiger partial charge in [-0.05, 0) is 82.1 Å². The molecule has 0 fully saturated rings. The topological polar surface area (TPSA) is 80.9 Å². The van der Waals surface area contributed by atoms with Crippen molar-refractivity contribution < 1.29 is 20.4 Å². The lowest BCUT2D eigenvalue weighted by atomic mass is 9.69. The summed E-state index contributed by atoms with van der Waals surface area (Å²) < 4.78 is 0. The van der Waals surface area contributed by atoms with Gasteiger partial charge in [0.2, 0.25) is 0 Å². The molecule has 0 aromatic rings. The minimum Gasteiger partial charge on any atom is -0.513 e. The van der Waals surface area contributed by atoms with Crippen LogP contribution in [-0.4, -0.2) is 32.1 Å². The van der Waals surface area contributed by atoms with Gasteiger partial charge in [-0.25, -0.2) is 0 Å². The first kappa shape index (κ1) is 27.8. The Hall–Kier alpha value is -1.26. The molecule has 1 aliphatic rings. The Morgan fingerprint density at radius 2 is 1.90 bits per heavy atom. The molecule has 0 amide bonds. The zero-order valence-corrected chi connectivity index (χ0v) is 20.6. The summed E-state index contributed by atoms with van der Waals surface area (Å²) in [4.78, 5) is 0. The van der Waals surface area contributed by atoms with Crippen molar-refractivity contribution in [2.24, 2.45) is 23.7 Å². The van der Waals surface area contributed by atoms with Gasteiger partial charge in [0.1, 0.15) is 0 Å². The van der Waals surface area contributed by atoms with E-state index in [0.29, 0.717) is 43.3 Å². The third-order valence-corrected chi connectivity index (χ3v) is 7.36. The number of rotatable bonds is 14. The van der Waals surface area contributed by atoms with Crippen molar-refractivity contribution in [1.82, 2.24) is 0 Å². The predicted molar refractivity (Wildman–Crippen MR) is 130 cm³/mol. The van der Waals surface area contributed by atoms with Gasteiger partial charge in [-0.2, -0.15) is 0 Å². The fourth-order valence-corrected chi connectivity index (χ4v) is 4.76. The summed E-state index contributed by atoms with van der Waals surface area (Å²) in [6.07, 6.45) is 11.9. The Morgan fingerprint density at radius 3 is 2.52 bits per heavy atom. The molecule has 1 rings (SSSR count). The minimum absolute atomic E-state index is 0.0557. The number of aliphatic hydroxyl groups excluding tert-OH is 3. The molecule has 1 aliphatic carbocycles. The van der Waals surface area contributed by atoms with Crippen molar-refractivity contribution in [3.8, 4) is 0 Å². The fraction of sp³-hybridized carbons (Fsp3) is 0.778. The quantitative estimate of drug-likeness (QED) is 0.175. The molecule has 0 radical (unpaired) electrons. The summed E-state index contributed by atoms with van der Waals surface area (Å²) >= 11 is 0. The Morgan fingerprint density at radius 1 is 1.23 bits per heavy atom. The van der Waals surface area contributed by atoms with Gasteiger partial charge in [-0.3, -0.25) is 0 Å². The summed E-state index contributed by atoms with van der Waals surface area (Å²) in [6.45, 7) is 13.9. The highest BCUT2D eigenvalue weighted by Crippen LogP contribution is 2.40. The SMILES string of the molecule is C=C(O)C(C)CCCC(C)(O)CC/C=C(/O)CCC1C(C)C(CCCC)=CC(O)C1C. The second-order valence-electron chi connectivity index (χ2n) is 10.2. The van der Waals surface area contributed by atoms with Crippen molar-refractivity contribution >= 4 is 0 Å². The maximum atomic E-state index is 10.6. The Bertz CT molecular complexity index is 604. The van der Waals surface area contributed by atoms with Crippen molar-refractivity contribution in [1.29, 1.82) is 0 Å². The van der Waals surface area contributed by atoms with Gasteiger partial charge in [-0.1, -0.05) is 52.3 Å². The summed E-state index contributed by atoms with van der Waals surface area (Å²) in [5, 5.41) is 40.8. The third kappa shape index (κ3) is 9.82. The number of unbranched alkanes of at least 4 members (excludes halogenated alkanes) is 1. The van der Waals surface area contributed by atoms with Gasteiger partial charge < -0.3 is 20.4 Å². The van der Waals surface area contributed by atoms with Gasteiger partial charge in [0.05, 0.1) is 23.2 Å². The predicted octanol–water partition coefficient (Wildman–Crippen LogP) is 7.00. The molecule has 0 saturated heterocycles. The van der Waals surface area contributed by atoms with E-state index in [1.807, 2.05) is 19.9 Å². The molecule has 180 valence electrons. The maximum Gasteiger partial charge on any atom is 0.0883 e. The molecule has 6 atom stereocenters. The van der Waals surface area contributed by atoms with Gasteiger partial charge in [0.15, 0.2) is 0 Å². The number of aliphatic hydroxyl groups is 4. The van der Waals surface area contributed by atoms with Crippen LogP contribution < -0.4 is 0 Å². The van der Waals surface area contributed by atoms with Gasteiger partial charge >= 0.3 is 0 Å². The minimum atomic E-state index is -0.775. The van der Waals surface area contributed by atoms with E-state index < -0.39 is 5.60 Å². The van der Waals surface area contributed by atoms with E-state index in [1.165, 1.54) is 5.57 Å². The van der Waals surface area contributed by atoms with Crippen molar-refractivity contribution in [3.63, 3.8) is 0 Å². The molecule has 4 nitrogen and oxygen atoms in total. The van der Waals surface area contributed by atoms with Crippen molar-refractivity contribution in [2.75, 3.05) is 0 Å². The van der Waals surface area contributed by atoms with Crippen molar-refractivity contribution in [2.45, 2.75) is 111 Å². The highest BCUT2D eigenvalue weighted by atomic mass is 16.3. The molecule has 0 saturated carbocycles. The van der Waals surface area contributed by atoms with E-state index in [2.05, 4.69) is 33.4 Å². The highest BCUT2D eigenvalue weighted by molar-refractivity contribution is 5.16. The van der Waals surface area contributed by atoms with E-state index in [-0.39, 0.29) is 23.7 Å². The zero-order valence-electron chi connectivity index (χ0n) is 20.6. The van der Waals surface area contributed by atoms with Crippen LogP contribution in [0.4, 0.5) is 0 Å². The molecule has 0 heterocycles. The lowest BCUT2D eigenvalue weighted by molar-refractivity contribution is 0.0391. The van der Waals surface area contributed by atoms with Gasteiger partial charge in [-0.15, -0.1) is 0 Å². The molecule has 4 heteroatoms. The van der Waals surface area contributed by atoms with E-state index in [1.54, 1.807) is 0 Å². The Balaban J connectivity index is 2.47. The standard InChI is InChI=1S/C27H48O4/c1-7-8-12-23-18-26(30)21(4)25(20(23)3)15-14-24(29)13-10-17-27(6,31)16-9-11-19(2)22(5)28/h13,18-21,25-26,28-31H,5,7-12,14-17H2,1-4,6H3/b24-13+. The first-order chi connectivity index (χ1) is 14.5. The summed E-state index contributed by atoms with van der Waals surface area (Å²) in [5.41, 5.74) is 0.596. The first-order valence-electron chi connectivity index (χ1n) is 12.3. The normalized spacial score (nSPS) is 27.5. The average molecular weight is 437 g/mol. The van der Waals surface area contributed by atoms with E-state index in [4.69, 9.17) is 0 Å². The van der Waals surface area contributed by atoms with Crippen LogP contribution in [0, 0.1) is 23.7 Å². The largest absolute Gasteiger partial charge is 0.513 e. The second-order valence-corrected chi connectivity index (χ2v) is 10.2. The highest BCUT2D eigenvalue weighted by Gasteiger charge is 2.34. The van der Waals surface area contributed by atoms with Gasteiger partial charge in [0.25, 0.3) is 0 Å². The van der Waals surface area contributed by atoms with Crippen LogP contribution in [0.2, 0.25) is 0 Å². The molecular weight excluding hydrogens is 388 g/mol. The molecule has 4 N–H and O–H groups in total.